The second-order valence-electron chi connectivity index (χ2n) is 10.5. The Labute approximate surface area is 257 Å². The van der Waals surface area contributed by atoms with Crippen LogP contribution in [0.1, 0.15) is 44.7 Å². The van der Waals surface area contributed by atoms with Crippen LogP contribution in [0.3, 0.4) is 0 Å². The number of carboxylic acids is 1. The van der Waals surface area contributed by atoms with E-state index in [1.54, 1.807) is 0 Å². The SMILES string of the molecule is COc1cc2c(c(OC)c1O)CC[C@]1(COC2=O)O[C@@H](Oc2c(CCCN=C(N)N)cc(C(=O)O)cc2OC)[C@H](O)[C@@H](O)[C@@H]1O. The summed E-state index contributed by atoms with van der Waals surface area (Å²) in [6.07, 6.45) is -6.57. The molecule has 16 nitrogen and oxygen atoms in total. The molecule has 2 aromatic rings. The van der Waals surface area contributed by atoms with Gasteiger partial charge in [-0.1, -0.05) is 0 Å². The number of guanidine groups is 1. The van der Waals surface area contributed by atoms with Crippen LogP contribution in [0.4, 0.5) is 0 Å². The van der Waals surface area contributed by atoms with Gasteiger partial charge in [0.2, 0.25) is 12.0 Å². The number of carboxylic acid groups (broad SMARTS) is 1. The zero-order valence-corrected chi connectivity index (χ0v) is 24.9. The number of aromatic carboxylic acids is 1. The fraction of sp³-hybridized carbons (Fsp3) is 0.483. The van der Waals surface area contributed by atoms with Crippen molar-refractivity contribution < 1.29 is 63.5 Å². The van der Waals surface area contributed by atoms with Crippen LogP contribution < -0.4 is 30.4 Å². The Kier molecular flexibility index (Phi) is 10.1. The molecule has 246 valence electrons. The molecule has 0 radical (unpaired) electrons. The smallest absolute Gasteiger partial charge is 0.338 e. The molecule has 1 saturated heterocycles. The number of aryl methyl sites for hydroxylation is 1. The summed E-state index contributed by atoms with van der Waals surface area (Å²) < 4.78 is 33.6. The highest BCUT2D eigenvalue weighted by Gasteiger charge is 2.56. The zero-order valence-electron chi connectivity index (χ0n) is 24.9. The number of nitrogens with zero attached hydrogens (tertiary/aromatic N) is 1. The molecule has 0 bridgehead atoms. The monoisotopic (exact) mass is 635 g/mol. The van der Waals surface area contributed by atoms with Crippen LogP contribution in [-0.4, -0.2) is 108 Å². The molecule has 1 spiro atoms. The van der Waals surface area contributed by atoms with E-state index in [0.29, 0.717) is 12.0 Å². The number of carbonyl (C=O) groups excluding carboxylic acids is 1. The van der Waals surface area contributed by atoms with Crippen LogP contribution in [0.25, 0.3) is 0 Å². The number of benzene rings is 2. The fourth-order valence-electron chi connectivity index (χ4n) is 5.44. The summed E-state index contributed by atoms with van der Waals surface area (Å²) in [5, 5.41) is 53.3. The van der Waals surface area contributed by atoms with E-state index >= 15 is 0 Å². The highest BCUT2D eigenvalue weighted by atomic mass is 16.7. The van der Waals surface area contributed by atoms with Crippen LogP contribution in [0.15, 0.2) is 23.2 Å². The molecule has 2 aliphatic rings. The molecule has 0 unspecified atom stereocenters. The maximum absolute atomic E-state index is 13.2. The van der Waals surface area contributed by atoms with Gasteiger partial charge in [-0.2, -0.15) is 0 Å². The van der Waals surface area contributed by atoms with Gasteiger partial charge in [0, 0.05) is 12.1 Å². The average molecular weight is 636 g/mol. The number of fused-ring (bicyclic) bond motifs is 1. The van der Waals surface area contributed by atoms with Gasteiger partial charge in [0.1, 0.15) is 30.5 Å². The first kappa shape index (κ1) is 33.4. The van der Waals surface area contributed by atoms with Gasteiger partial charge in [0.15, 0.2) is 29.0 Å². The molecular formula is C29H37N3O13. The predicted molar refractivity (Wildman–Crippen MR) is 155 cm³/mol. The predicted octanol–water partition coefficient (Wildman–Crippen LogP) is -0.318. The van der Waals surface area contributed by atoms with Gasteiger partial charge in [-0.25, -0.2) is 9.59 Å². The van der Waals surface area contributed by atoms with Crippen LogP contribution in [0.2, 0.25) is 0 Å². The third-order valence-electron chi connectivity index (χ3n) is 7.79. The summed E-state index contributed by atoms with van der Waals surface area (Å²) in [6, 6.07) is 3.88. The van der Waals surface area contributed by atoms with E-state index in [-0.39, 0.29) is 77.2 Å². The van der Waals surface area contributed by atoms with Crippen molar-refractivity contribution in [3.05, 3.63) is 40.5 Å². The van der Waals surface area contributed by atoms with Crippen LogP contribution >= 0.6 is 0 Å². The van der Waals surface area contributed by atoms with E-state index < -0.39 is 48.7 Å². The van der Waals surface area contributed by atoms with E-state index in [1.165, 1.54) is 39.5 Å². The van der Waals surface area contributed by atoms with Crippen molar-refractivity contribution in [2.24, 2.45) is 16.5 Å². The number of cyclic esters (lactones) is 1. The molecule has 0 aromatic heterocycles. The van der Waals surface area contributed by atoms with E-state index in [2.05, 4.69) is 4.99 Å². The van der Waals surface area contributed by atoms with E-state index in [4.69, 9.17) is 39.9 Å². The van der Waals surface area contributed by atoms with E-state index in [9.17, 15) is 35.1 Å². The number of nitrogens with two attached hydrogens (primary N) is 2. The number of hydrogen-bond acceptors (Lipinski definition) is 13. The number of ether oxygens (including phenoxy) is 6. The summed E-state index contributed by atoms with van der Waals surface area (Å²) in [7, 11) is 3.89. The molecule has 4 rings (SSSR count). The Hall–Kier alpha value is -4.51. The molecule has 0 saturated carbocycles. The van der Waals surface area contributed by atoms with Crippen LogP contribution in [0.5, 0.6) is 28.7 Å². The molecule has 16 heteroatoms. The molecule has 45 heavy (non-hydrogen) atoms. The minimum atomic E-state index is -1.83. The third-order valence-corrected chi connectivity index (χ3v) is 7.79. The molecular weight excluding hydrogens is 598 g/mol. The molecule has 2 aliphatic heterocycles. The van der Waals surface area contributed by atoms with Gasteiger partial charge in [-0.05, 0) is 49.4 Å². The number of aliphatic imine (C=N–C) groups is 1. The molecule has 0 aliphatic carbocycles. The molecule has 5 atom stereocenters. The minimum absolute atomic E-state index is 0.00172. The number of aromatic hydroxyl groups is 1. The topological polar surface area (TPSA) is 255 Å². The number of aliphatic hydroxyl groups is 3. The van der Waals surface area contributed by atoms with E-state index in [1.807, 2.05) is 0 Å². The highest BCUT2D eigenvalue weighted by molar-refractivity contribution is 5.93. The third kappa shape index (κ3) is 6.63. The number of phenolic OH excluding ortho intramolecular Hbond substituents is 1. The van der Waals surface area contributed by atoms with Gasteiger partial charge >= 0.3 is 11.9 Å². The molecule has 9 N–H and O–H groups in total. The lowest BCUT2D eigenvalue weighted by Crippen LogP contribution is -2.67. The number of methoxy groups -OCH3 is 3. The first-order valence-electron chi connectivity index (χ1n) is 13.9. The Morgan fingerprint density at radius 2 is 1.76 bits per heavy atom. The maximum atomic E-state index is 13.2. The van der Waals surface area contributed by atoms with Crippen molar-refractivity contribution in [1.82, 2.24) is 0 Å². The van der Waals surface area contributed by atoms with Crippen molar-refractivity contribution in [2.45, 2.75) is 55.9 Å². The van der Waals surface area contributed by atoms with Gasteiger partial charge in [0.05, 0.1) is 32.5 Å². The first-order chi connectivity index (χ1) is 21.4. The summed E-state index contributed by atoms with van der Waals surface area (Å²) in [5.74, 6) is -2.62. The summed E-state index contributed by atoms with van der Waals surface area (Å²) in [5.41, 5.74) is 9.52. The fourth-order valence-corrected chi connectivity index (χ4v) is 5.44. The number of hydrogen-bond donors (Lipinski definition) is 7. The van der Waals surface area contributed by atoms with Crippen molar-refractivity contribution in [2.75, 3.05) is 34.5 Å². The number of phenols is 1. The lowest BCUT2D eigenvalue weighted by molar-refractivity contribution is -0.320. The zero-order chi connectivity index (χ0) is 33.1. The largest absolute Gasteiger partial charge is 0.502 e. The number of aliphatic hydroxyl groups excluding tert-OH is 3. The molecule has 2 heterocycles. The molecule has 2 aromatic carbocycles. The van der Waals surface area contributed by atoms with E-state index in [0.717, 1.165) is 0 Å². The first-order valence-corrected chi connectivity index (χ1v) is 13.9. The summed E-state index contributed by atoms with van der Waals surface area (Å²) in [6.45, 7) is -0.336. The highest BCUT2D eigenvalue weighted by Crippen LogP contribution is 2.45. The summed E-state index contributed by atoms with van der Waals surface area (Å²) >= 11 is 0. The van der Waals surface area contributed by atoms with Crippen molar-refractivity contribution in [3.8, 4) is 28.7 Å². The lowest BCUT2D eigenvalue weighted by Gasteiger charge is -2.48. The second kappa shape index (κ2) is 13.6. The average Bonchev–Trinajstić information content (AvgIpc) is 3.01. The van der Waals surface area contributed by atoms with Crippen molar-refractivity contribution >= 4 is 17.9 Å². The normalized spacial score (nSPS) is 24.4. The number of carbonyl (C=O) groups is 2. The quantitative estimate of drug-likeness (QED) is 0.0764. The van der Waals surface area contributed by atoms with Crippen molar-refractivity contribution in [3.63, 3.8) is 0 Å². The Morgan fingerprint density at radius 1 is 1.04 bits per heavy atom. The van der Waals surface area contributed by atoms with Crippen molar-refractivity contribution in [1.29, 1.82) is 0 Å². The summed E-state index contributed by atoms with van der Waals surface area (Å²) in [4.78, 5) is 28.9. The standard InChI is InChI=1S/C29H37N3O13/c1-40-17-11-16-15(23(42-3)19(17)33)6-7-29(12-43-26(16)39)24(36)20(34)21(35)27(45-29)44-22-13(5-4-8-32-28(30)31)9-14(25(37)38)10-18(22)41-2/h9-11,20-21,24,27,33-36H,4-8,12H2,1-3H3,(H,37,38)(H4,30,31,32)/t20-,21-,24+,27-,29-/m1/s1. The van der Waals surface area contributed by atoms with Gasteiger partial charge in [0.25, 0.3) is 0 Å². The van der Waals surface area contributed by atoms with Gasteiger partial charge in [-0.3, -0.25) is 4.99 Å². The van der Waals surface area contributed by atoms with Gasteiger partial charge in [-0.15, -0.1) is 0 Å². The second-order valence-corrected chi connectivity index (χ2v) is 10.5. The lowest BCUT2D eigenvalue weighted by atomic mass is 9.81. The number of esters is 1. The Morgan fingerprint density at radius 3 is 2.38 bits per heavy atom. The molecule has 0 amide bonds. The van der Waals surface area contributed by atoms with Crippen LogP contribution in [0, 0.1) is 0 Å². The van der Waals surface area contributed by atoms with Crippen LogP contribution in [-0.2, 0) is 22.3 Å². The Balaban J connectivity index is 1.71. The molecule has 1 fully saturated rings. The minimum Gasteiger partial charge on any atom is -0.502 e. The maximum Gasteiger partial charge on any atom is 0.338 e. The number of rotatable bonds is 10. The van der Waals surface area contributed by atoms with Gasteiger partial charge < -0.3 is 65.4 Å². The Bertz CT molecular complexity index is 1460.